The summed E-state index contributed by atoms with van der Waals surface area (Å²) in [5, 5.41) is 7.34. The van der Waals surface area contributed by atoms with Crippen molar-refractivity contribution in [1.82, 2.24) is 15.1 Å². The fourth-order valence-electron chi connectivity index (χ4n) is 2.25. The Hall–Kier alpha value is -2.82. The number of carbonyl (C=O) groups excluding carboxylic acids is 1. The van der Waals surface area contributed by atoms with E-state index in [4.69, 9.17) is 4.42 Å². The van der Waals surface area contributed by atoms with Crippen molar-refractivity contribution >= 4 is 5.91 Å². The first-order chi connectivity index (χ1) is 10.7. The molecule has 0 spiro atoms. The molecule has 0 atom stereocenters. The van der Waals surface area contributed by atoms with E-state index in [1.165, 1.54) is 0 Å². The van der Waals surface area contributed by atoms with Crippen LogP contribution < -0.4 is 5.32 Å². The number of amides is 1. The minimum atomic E-state index is -0.159. The van der Waals surface area contributed by atoms with Gasteiger partial charge in [0.1, 0.15) is 11.5 Å². The summed E-state index contributed by atoms with van der Waals surface area (Å²) >= 11 is 0. The van der Waals surface area contributed by atoms with E-state index in [1.54, 1.807) is 10.9 Å². The van der Waals surface area contributed by atoms with Gasteiger partial charge in [0.15, 0.2) is 5.76 Å². The van der Waals surface area contributed by atoms with Gasteiger partial charge >= 0.3 is 0 Å². The number of nitrogens with one attached hydrogen (secondary N) is 1. The topological polar surface area (TPSA) is 60.1 Å². The summed E-state index contributed by atoms with van der Waals surface area (Å²) in [6.45, 7) is 4.31. The third-order valence-corrected chi connectivity index (χ3v) is 3.29. The van der Waals surface area contributed by atoms with Crippen molar-refractivity contribution in [2.24, 2.45) is 0 Å². The van der Waals surface area contributed by atoms with Gasteiger partial charge in [-0.2, -0.15) is 5.10 Å². The molecule has 112 valence electrons. The molecule has 0 aliphatic heterocycles. The van der Waals surface area contributed by atoms with E-state index in [0.717, 1.165) is 11.4 Å². The number of aryl methyl sites for hydroxylation is 1. The zero-order valence-corrected chi connectivity index (χ0v) is 12.5. The van der Waals surface area contributed by atoms with Crippen molar-refractivity contribution in [2.75, 3.05) is 6.54 Å². The van der Waals surface area contributed by atoms with Crippen LogP contribution in [0.5, 0.6) is 0 Å². The molecule has 0 saturated heterocycles. The molecule has 0 saturated carbocycles. The maximum atomic E-state index is 12.3. The Morgan fingerprint density at radius 1 is 1.23 bits per heavy atom. The largest absolute Gasteiger partial charge is 0.460 e. The molecule has 0 bridgehead atoms. The van der Waals surface area contributed by atoms with E-state index in [-0.39, 0.29) is 5.91 Å². The van der Waals surface area contributed by atoms with Crippen LogP contribution in [-0.4, -0.2) is 22.2 Å². The van der Waals surface area contributed by atoms with Gasteiger partial charge < -0.3 is 9.73 Å². The number of rotatable bonds is 4. The van der Waals surface area contributed by atoms with Gasteiger partial charge in [-0.05, 0) is 38.1 Å². The summed E-state index contributed by atoms with van der Waals surface area (Å²) in [6, 6.07) is 13.4. The molecule has 0 fully saturated rings. The monoisotopic (exact) mass is 295 g/mol. The number of hydrogen-bond donors (Lipinski definition) is 1. The third-order valence-electron chi connectivity index (χ3n) is 3.29. The summed E-state index contributed by atoms with van der Waals surface area (Å²) in [5.74, 6) is 1.22. The Labute approximate surface area is 128 Å². The number of hydrogen-bond acceptors (Lipinski definition) is 3. The molecule has 5 nitrogen and oxygen atoms in total. The highest BCUT2D eigenvalue weighted by molar-refractivity contribution is 5.99. The molecule has 0 aliphatic rings. The zero-order valence-electron chi connectivity index (χ0n) is 12.5. The number of benzene rings is 1. The van der Waals surface area contributed by atoms with E-state index in [1.807, 2.05) is 56.3 Å². The van der Waals surface area contributed by atoms with Crippen molar-refractivity contribution in [3.05, 3.63) is 60.0 Å². The normalized spacial score (nSPS) is 10.6. The number of carbonyl (C=O) groups is 1. The molecule has 3 aromatic rings. The highest BCUT2D eigenvalue weighted by atomic mass is 16.3. The van der Waals surface area contributed by atoms with Crippen LogP contribution in [0.25, 0.3) is 17.1 Å². The first-order valence-corrected chi connectivity index (χ1v) is 7.19. The second kappa shape index (κ2) is 5.89. The first-order valence-electron chi connectivity index (χ1n) is 7.19. The number of para-hydroxylation sites is 1. The number of furan rings is 1. The SMILES string of the molecule is CCNC(=O)c1cn(-c2ccccc2)nc1-c1ccc(C)o1. The van der Waals surface area contributed by atoms with Gasteiger partial charge in [0.25, 0.3) is 5.91 Å². The maximum Gasteiger partial charge on any atom is 0.255 e. The quantitative estimate of drug-likeness (QED) is 0.804. The molecule has 0 unspecified atom stereocenters. The lowest BCUT2D eigenvalue weighted by atomic mass is 10.2. The van der Waals surface area contributed by atoms with Gasteiger partial charge in [-0.15, -0.1) is 0 Å². The van der Waals surface area contributed by atoms with Gasteiger partial charge in [0, 0.05) is 12.7 Å². The van der Waals surface area contributed by atoms with E-state index in [0.29, 0.717) is 23.6 Å². The predicted octanol–water partition coefficient (Wildman–Crippen LogP) is 3.19. The van der Waals surface area contributed by atoms with Gasteiger partial charge in [0.05, 0.1) is 11.3 Å². The van der Waals surface area contributed by atoms with Gasteiger partial charge in [-0.25, -0.2) is 4.68 Å². The average Bonchev–Trinajstić information content (AvgIpc) is 3.14. The Morgan fingerprint density at radius 3 is 2.64 bits per heavy atom. The van der Waals surface area contributed by atoms with Crippen LogP contribution in [0.1, 0.15) is 23.0 Å². The summed E-state index contributed by atoms with van der Waals surface area (Å²) in [4.78, 5) is 12.3. The highest BCUT2D eigenvalue weighted by Gasteiger charge is 2.20. The van der Waals surface area contributed by atoms with Crippen LogP contribution in [0.4, 0.5) is 0 Å². The summed E-state index contributed by atoms with van der Waals surface area (Å²) in [7, 11) is 0. The molecule has 2 aromatic heterocycles. The Kier molecular flexibility index (Phi) is 3.78. The minimum absolute atomic E-state index is 0.159. The van der Waals surface area contributed by atoms with Crippen molar-refractivity contribution in [3.8, 4) is 17.1 Å². The lowest BCUT2D eigenvalue weighted by molar-refractivity contribution is 0.0956. The van der Waals surface area contributed by atoms with E-state index in [2.05, 4.69) is 10.4 Å². The second-order valence-corrected chi connectivity index (χ2v) is 4.94. The standard InChI is InChI=1S/C17H17N3O2/c1-3-18-17(21)14-11-20(13-7-5-4-6-8-13)19-16(14)15-10-9-12(2)22-15/h4-11H,3H2,1-2H3,(H,18,21). The molecule has 1 amide bonds. The van der Waals surface area contributed by atoms with Crippen LogP contribution in [0.3, 0.4) is 0 Å². The summed E-state index contributed by atoms with van der Waals surface area (Å²) in [5.41, 5.74) is 1.94. The van der Waals surface area contributed by atoms with E-state index >= 15 is 0 Å². The number of nitrogens with zero attached hydrogens (tertiary/aromatic N) is 2. The maximum absolute atomic E-state index is 12.3. The lowest BCUT2D eigenvalue weighted by Gasteiger charge is -2.00. The first kappa shape index (κ1) is 14.1. The molecular weight excluding hydrogens is 278 g/mol. The molecule has 5 heteroatoms. The number of aromatic nitrogens is 2. The van der Waals surface area contributed by atoms with Crippen molar-refractivity contribution in [1.29, 1.82) is 0 Å². The average molecular weight is 295 g/mol. The van der Waals surface area contributed by atoms with Crippen molar-refractivity contribution < 1.29 is 9.21 Å². The lowest BCUT2D eigenvalue weighted by Crippen LogP contribution is -2.22. The molecule has 0 radical (unpaired) electrons. The molecular formula is C17H17N3O2. The van der Waals surface area contributed by atoms with Crippen LogP contribution in [0.15, 0.2) is 53.1 Å². The van der Waals surface area contributed by atoms with Crippen LogP contribution >= 0.6 is 0 Å². The van der Waals surface area contributed by atoms with Crippen LogP contribution in [-0.2, 0) is 0 Å². The van der Waals surface area contributed by atoms with Crippen LogP contribution in [0, 0.1) is 6.92 Å². The van der Waals surface area contributed by atoms with Gasteiger partial charge in [0.2, 0.25) is 0 Å². The molecule has 22 heavy (non-hydrogen) atoms. The van der Waals surface area contributed by atoms with Crippen LogP contribution in [0.2, 0.25) is 0 Å². The highest BCUT2D eigenvalue weighted by Crippen LogP contribution is 2.25. The van der Waals surface area contributed by atoms with Crippen molar-refractivity contribution in [2.45, 2.75) is 13.8 Å². The predicted molar refractivity (Wildman–Crippen MR) is 84.0 cm³/mol. The van der Waals surface area contributed by atoms with E-state index < -0.39 is 0 Å². The minimum Gasteiger partial charge on any atom is -0.460 e. The van der Waals surface area contributed by atoms with Crippen molar-refractivity contribution in [3.63, 3.8) is 0 Å². The van der Waals surface area contributed by atoms with Gasteiger partial charge in [-0.3, -0.25) is 4.79 Å². The Bertz CT molecular complexity index is 787. The summed E-state index contributed by atoms with van der Waals surface area (Å²) < 4.78 is 7.32. The Balaban J connectivity index is 2.10. The summed E-state index contributed by atoms with van der Waals surface area (Å²) in [6.07, 6.45) is 1.73. The smallest absolute Gasteiger partial charge is 0.255 e. The molecule has 1 N–H and O–H groups in total. The second-order valence-electron chi connectivity index (χ2n) is 4.94. The van der Waals surface area contributed by atoms with Gasteiger partial charge in [-0.1, -0.05) is 18.2 Å². The molecule has 2 heterocycles. The molecule has 0 aliphatic carbocycles. The van der Waals surface area contributed by atoms with E-state index in [9.17, 15) is 4.79 Å². The third kappa shape index (κ3) is 2.65. The fraction of sp³-hybridized carbons (Fsp3) is 0.176. The Morgan fingerprint density at radius 2 is 2.00 bits per heavy atom. The fourth-order valence-corrected chi connectivity index (χ4v) is 2.25. The molecule has 1 aromatic carbocycles. The molecule has 3 rings (SSSR count). The zero-order chi connectivity index (χ0) is 15.5.